The molecule has 7 nitrogen and oxygen atoms in total. The number of hydrogen-bond donors (Lipinski definition) is 0. The SMILES string of the molecule is O=C(c1ccc(-n2cnc3ccccc3c2=O)cc1)N1CCN(CCOc2ccccc2Cl)CC1. The van der Waals surface area contributed by atoms with E-state index in [9.17, 15) is 9.59 Å². The number of aromatic nitrogens is 2. The summed E-state index contributed by atoms with van der Waals surface area (Å²) in [5.41, 5.74) is 1.80. The minimum absolute atomic E-state index is 0.00694. The van der Waals surface area contributed by atoms with Gasteiger partial charge >= 0.3 is 0 Å². The van der Waals surface area contributed by atoms with E-state index in [2.05, 4.69) is 9.88 Å². The average Bonchev–Trinajstić information content (AvgIpc) is 2.90. The summed E-state index contributed by atoms with van der Waals surface area (Å²) in [6, 6.07) is 21.8. The number of rotatable bonds is 6. The topological polar surface area (TPSA) is 67.7 Å². The van der Waals surface area contributed by atoms with Gasteiger partial charge in [-0.3, -0.25) is 19.1 Å². The van der Waals surface area contributed by atoms with Gasteiger partial charge in [0.15, 0.2) is 0 Å². The Kier molecular flexibility index (Phi) is 6.79. The second-order valence-corrected chi connectivity index (χ2v) is 8.80. The van der Waals surface area contributed by atoms with Crippen LogP contribution in [0, 0.1) is 0 Å². The highest BCUT2D eigenvalue weighted by Crippen LogP contribution is 2.23. The van der Waals surface area contributed by atoms with Gasteiger partial charge in [0.25, 0.3) is 11.5 Å². The molecule has 4 aromatic rings. The van der Waals surface area contributed by atoms with Gasteiger partial charge in [0.1, 0.15) is 18.7 Å². The second-order valence-electron chi connectivity index (χ2n) is 8.40. The van der Waals surface area contributed by atoms with Crippen LogP contribution in [0.2, 0.25) is 5.02 Å². The van der Waals surface area contributed by atoms with Crippen molar-refractivity contribution in [1.29, 1.82) is 0 Å². The Morgan fingerprint density at radius 1 is 0.914 bits per heavy atom. The maximum atomic E-state index is 13.0. The van der Waals surface area contributed by atoms with Crippen molar-refractivity contribution < 1.29 is 9.53 Å². The van der Waals surface area contributed by atoms with E-state index >= 15 is 0 Å². The second kappa shape index (κ2) is 10.3. The zero-order valence-corrected chi connectivity index (χ0v) is 19.9. The van der Waals surface area contributed by atoms with Crippen molar-refractivity contribution in [1.82, 2.24) is 19.4 Å². The fourth-order valence-electron chi connectivity index (χ4n) is 4.22. The monoisotopic (exact) mass is 488 g/mol. The number of benzene rings is 3. The third kappa shape index (κ3) is 5.06. The summed E-state index contributed by atoms with van der Waals surface area (Å²) in [4.78, 5) is 34.4. The maximum Gasteiger partial charge on any atom is 0.265 e. The predicted octanol–water partition coefficient (Wildman–Crippen LogP) is 3.88. The molecule has 0 aliphatic carbocycles. The van der Waals surface area contributed by atoms with Crippen LogP contribution in [-0.2, 0) is 0 Å². The molecule has 0 atom stereocenters. The zero-order valence-electron chi connectivity index (χ0n) is 19.1. The normalized spacial score (nSPS) is 14.3. The summed E-state index contributed by atoms with van der Waals surface area (Å²) < 4.78 is 7.28. The molecular weight excluding hydrogens is 464 g/mol. The van der Waals surface area contributed by atoms with Crippen molar-refractivity contribution in [3.05, 3.63) is 100 Å². The first kappa shape index (κ1) is 23.1. The van der Waals surface area contributed by atoms with E-state index in [-0.39, 0.29) is 11.5 Å². The van der Waals surface area contributed by atoms with Crippen LogP contribution in [0.4, 0.5) is 0 Å². The smallest absolute Gasteiger partial charge is 0.265 e. The van der Waals surface area contributed by atoms with Crippen LogP contribution < -0.4 is 10.3 Å². The van der Waals surface area contributed by atoms with Gasteiger partial charge in [0, 0.05) is 38.3 Å². The molecule has 0 saturated carbocycles. The van der Waals surface area contributed by atoms with Crippen molar-refractivity contribution in [3.8, 4) is 11.4 Å². The summed E-state index contributed by atoms with van der Waals surface area (Å²) >= 11 is 6.13. The summed E-state index contributed by atoms with van der Waals surface area (Å²) in [5, 5.41) is 1.17. The molecule has 1 saturated heterocycles. The Morgan fingerprint density at radius 3 is 2.40 bits per heavy atom. The maximum absolute atomic E-state index is 13.0. The molecule has 0 radical (unpaired) electrons. The molecule has 1 fully saturated rings. The molecule has 5 rings (SSSR count). The Bertz CT molecular complexity index is 1400. The lowest BCUT2D eigenvalue weighted by Crippen LogP contribution is -2.49. The van der Waals surface area contributed by atoms with Gasteiger partial charge in [0.2, 0.25) is 0 Å². The molecule has 178 valence electrons. The first-order valence-electron chi connectivity index (χ1n) is 11.6. The molecule has 0 bridgehead atoms. The first-order valence-corrected chi connectivity index (χ1v) is 11.9. The van der Waals surface area contributed by atoms with Crippen LogP contribution in [0.1, 0.15) is 10.4 Å². The average molecular weight is 489 g/mol. The largest absolute Gasteiger partial charge is 0.491 e. The summed E-state index contributed by atoms with van der Waals surface area (Å²) in [6.45, 7) is 4.20. The van der Waals surface area contributed by atoms with Gasteiger partial charge in [-0.2, -0.15) is 0 Å². The molecule has 0 N–H and O–H groups in total. The standard InChI is InChI=1S/C27H25ClN4O3/c28-23-6-2-4-8-25(23)35-18-17-30-13-15-31(16-14-30)26(33)20-9-11-21(12-10-20)32-19-29-24-7-3-1-5-22(24)27(32)34/h1-12,19H,13-18H2. The number of ether oxygens (including phenoxy) is 1. The number of para-hydroxylation sites is 2. The van der Waals surface area contributed by atoms with E-state index in [1.54, 1.807) is 30.3 Å². The zero-order chi connectivity index (χ0) is 24.2. The number of piperazine rings is 1. The highest BCUT2D eigenvalue weighted by atomic mass is 35.5. The molecule has 0 unspecified atom stereocenters. The highest BCUT2D eigenvalue weighted by Gasteiger charge is 2.22. The van der Waals surface area contributed by atoms with Gasteiger partial charge in [-0.25, -0.2) is 4.98 Å². The van der Waals surface area contributed by atoms with Crippen LogP contribution in [0.3, 0.4) is 0 Å². The van der Waals surface area contributed by atoms with Gasteiger partial charge in [-0.1, -0.05) is 35.9 Å². The highest BCUT2D eigenvalue weighted by molar-refractivity contribution is 6.32. The lowest BCUT2D eigenvalue weighted by atomic mass is 10.1. The molecular formula is C27H25ClN4O3. The van der Waals surface area contributed by atoms with Crippen LogP contribution in [-0.4, -0.2) is 64.6 Å². The van der Waals surface area contributed by atoms with Crippen molar-refractivity contribution >= 4 is 28.4 Å². The minimum atomic E-state index is -0.135. The van der Waals surface area contributed by atoms with E-state index in [4.69, 9.17) is 16.3 Å². The van der Waals surface area contributed by atoms with E-state index in [0.29, 0.717) is 52.6 Å². The Morgan fingerprint density at radius 2 is 1.63 bits per heavy atom. The fourth-order valence-corrected chi connectivity index (χ4v) is 4.41. The molecule has 1 amide bonds. The third-order valence-corrected chi connectivity index (χ3v) is 6.53. The van der Waals surface area contributed by atoms with E-state index in [0.717, 1.165) is 19.6 Å². The molecule has 8 heteroatoms. The fraction of sp³-hybridized carbons (Fsp3) is 0.222. The number of carbonyl (C=O) groups is 1. The molecule has 1 aromatic heterocycles. The molecule has 1 aliphatic rings. The third-order valence-electron chi connectivity index (χ3n) is 6.22. The van der Waals surface area contributed by atoms with Gasteiger partial charge in [-0.15, -0.1) is 0 Å². The minimum Gasteiger partial charge on any atom is -0.491 e. The van der Waals surface area contributed by atoms with Crippen molar-refractivity contribution in [2.24, 2.45) is 0 Å². The molecule has 1 aliphatic heterocycles. The Labute approximate surface area is 208 Å². The Hall–Kier alpha value is -3.68. The van der Waals surface area contributed by atoms with E-state index in [1.165, 1.54) is 10.9 Å². The van der Waals surface area contributed by atoms with Crippen molar-refractivity contribution in [2.45, 2.75) is 0 Å². The summed E-state index contributed by atoms with van der Waals surface area (Å²) in [5.74, 6) is 0.681. The molecule has 0 spiro atoms. The van der Waals surface area contributed by atoms with E-state index in [1.807, 2.05) is 47.4 Å². The van der Waals surface area contributed by atoms with Crippen LogP contribution in [0.5, 0.6) is 5.75 Å². The lowest BCUT2D eigenvalue weighted by molar-refractivity contribution is 0.0620. The number of amides is 1. The summed E-state index contributed by atoms with van der Waals surface area (Å²) in [7, 11) is 0. The number of fused-ring (bicyclic) bond motifs is 1. The van der Waals surface area contributed by atoms with Gasteiger partial charge in [-0.05, 0) is 48.5 Å². The molecule has 3 aromatic carbocycles. The Balaban J connectivity index is 1.17. The number of carbonyl (C=O) groups excluding carboxylic acids is 1. The molecule has 2 heterocycles. The van der Waals surface area contributed by atoms with Crippen LogP contribution in [0.25, 0.3) is 16.6 Å². The number of halogens is 1. The summed E-state index contributed by atoms with van der Waals surface area (Å²) in [6.07, 6.45) is 1.52. The van der Waals surface area contributed by atoms with Gasteiger partial charge in [0.05, 0.1) is 21.6 Å². The first-order chi connectivity index (χ1) is 17.1. The van der Waals surface area contributed by atoms with Crippen LogP contribution in [0.15, 0.2) is 83.9 Å². The lowest BCUT2D eigenvalue weighted by Gasteiger charge is -2.34. The van der Waals surface area contributed by atoms with Crippen LogP contribution >= 0.6 is 11.6 Å². The number of nitrogens with zero attached hydrogens (tertiary/aromatic N) is 4. The number of hydrogen-bond acceptors (Lipinski definition) is 5. The molecule has 35 heavy (non-hydrogen) atoms. The quantitative estimate of drug-likeness (QED) is 0.412. The predicted molar refractivity (Wildman–Crippen MR) is 137 cm³/mol. The van der Waals surface area contributed by atoms with Crippen molar-refractivity contribution in [2.75, 3.05) is 39.3 Å². The van der Waals surface area contributed by atoms with E-state index < -0.39 is 0 Å². The van der Waals surface area contributed by atoms with Gasteiger partial charge < -0.3 is 9.64 Å². The van der Waals surface area contributed by atoms with Crippen molar-refractivity contribution in [3.63, 3.8) is 0 Å².